The molecule has 1 saturated heterocycles. The van der Waals surface area contributed by atoms with Crippen molar-refractivity contribution < 1.29 is 14.6 Å². The van der Waals surface area contributed by atoms with E-state index in [2.05, 4.69) is 5.32 Å². The van der Waals surface area contributed by atoms with Crippen LogP contribution < -0.4 is 15.8 Å². The summed E-state index contributed by atoms with van der Waals surface area (Å²) in [5.74, 6) is 1.10. The zero-order valence-electron chi connectivity index (χ0n) is 17.9. The van der Waals surface area contributed by atoms with Gasteiger partial charge in [0.05, 0.1) is 16.8 Å². The second-order valence-corrected chi connectivity index (χ2v) is 8.49. The molecule has 0 aliphatic carbocycles. The van der Waals surface area contributed by atoms with Crippen molar-refractivity contribution in [3.63, 3.8) is 0 Å². The highest BCUT2D eigenvalue weighted by Gasteiger charge is 2.44. The van der Waals surface area contributed by atoms with Crippen molar-refractivity contribution in [3.8, 4) is 11.5 Å². The van der Waals surface area contributed by atoms with Crippen LogP contribution in [0.25, 0.3) is 0 Å². The van der Waals surface area contributed by atoms with Crippen LogP contribution in [0.5, 0.6) is 11.5 Å². The summed E-state index contributed by atoms with van der Waals surface area (Å²) in [4.78, 5) is 0. The third-order valence-electron chi connectivity index (χ3n) is 6.00. The highest BCUT2D eigenvalue weighted by Crippen LogP contribution is 2.45. The Kier molecular flexibility index (Phi) is 8.14. The number of aliphatic hydroxyl groups is 1. The van der Waals surface area contributed by atoms with Gasteiger partial charge >= 0.3 is 0 Å². The van der Waals surface area contributed by atoms with Crippen molar-refractivity contribution in [2.75, 3.05) is 20.3 Å². The third kappa shape index (κ3) is 5.16. The van der Waals surface area contributed by atoms with Gasteiger partial charge in [-0.25, -0.2) is 0 Å². The molecule has 164 valence electrons. The molecule has 2 aromatic rings. The van der Waals surface area contributed by atoms with E-state index in [1.165, 1.54) is 0 Å². The Bertz CT molecular complexity index is 812. The molecule has 0 bridgehead atoms. The second-order valence-electron chi connectivity index (χ2n) is 8.09. The molecule has 30 heavy (non-hydrogen) atoms. The van der Waals surface area contributed by atoms with E-state index in [0.717, 1.165) is 43.4 Å². The highest BCUT2D eigenvalue weighted by atomic mass is 35.5. The topological polar surface area (TPSA) is 76.7 Å². The number of para-hydroxylation sites is 2. The number of unbranched alkanes of at least 4 members (excludes halogenated alkanes) is 1. The fraction of sp³-hybridized carbons (Fsp3) is 0.500. The first-order valence-corrected chi connectivity index (χ1v) is 11.1. The lowest BCUT2D eigenvalue weighted by atomic mass is 9.72. The smallest absolute Gasteiger partial charge is 0.148 e. The molecule has 1 aliphatic rings. The summed E-state index contributed by atoms with van der Waals surface area (Å²) in [6.07, 6.45) is 3.84. The number of hydrogen-bond acceptors (Lipinski definition) is 5. The number of benzene rings is 2. The van der Waals surface area contributed by atoms with E-state index in [0.29, 0.717) is 29.5 Å². The molecule has 0 amide bonds. The predicted molar refractivity (Wildman–Crippen MR) is 121 cm³/mol. The van der Waals surface area contributed by atoms with E-state index in [4.69, 9.17) is 26.8 Å². The summed E-state index contributed by atoms with van der Waals surface area (Å²) in [5, 5.41) is 16.0. The zero-order chi connectivity index (χ0) is 21.6. The van der Waals surface area contributed by atoms with Gasteiger partial charge in [0.2, 0.25) is 0 Å². The van der Waals surface area contributed by atoms with E-state index in [9.17, 15) is 5.11 Å². The van der Waals surface area contributed by atoms with Crippen LogP contribution in [-0.2, 0) is 10.3 Å². The highest BCUT2D eigenvalue weighted by molar-refractivity contribution is 6.32. The van der Waals surface area contributed by atoms with Crippen LogP contribution in [0.4, 0.5) is 0 Å². The first-order chi connectivity index (χ1) is 14.5. The Morgan fingerprint density at radius 3 is 2.73 bits per heavy atom. The van der Waals surface area contributed by atoms with E-state index >= 15 is 0 Å². The largest absolute Gasteiger partial charge is 0.455 e. The van der Waals surface area contributed by atoms with Crippen LogP contribution >= 0.6 is 11.6 Å². The molecule has 3 unspecified atom stereocenters. The van der Waals surface area contributed by atoms with Gasteiger partial charge in [0.1, 0.15) is 11.5 Å². The number of piperidine rings is 1. The maximum atomic E-state index is 12.1. The van der Waals surface area contributed by atoms with Crippen LogP contribution in [0.3, 0.4) is 0 Å². The number of ether oxygens (including phenoxy) is 2. The Hall–Kier alpha value is -1.63. The summed E-state index contributed by atoms with van der Waals surface area (Å²) < 4.78 is 11.5. The lowest BCUT2D eigenvalue weighted by Crippen LogP contribution is -2.55. The number of methoxy groups -OCH3 is 1. The molecule has 5 nitrogen and oxygen atoms in total. The van der Waals surface area contributed by atoms with E-state index in [1.807, 2.05) is 49.4 Å². The summed E-state index contributed by atoms with van der Waals surface area (Å²) in [6.45, 7) is 3.50. The number of rotatable bonds is 9. The molecule has 0 spiro atoms. The number of aryl methyl sites for hydroxylation is 1. The molecule has 3 rings (SSSR count). The number of nitrogens with one attached hydrogen (secondary N) is 1. The summed E-state index contributed by atoms with van der Waals surface area (Å²) >= 11 is 6.40. The number of nitrogens with two attached hydrogens (primary N) is 1. The van der Waals surface area contributed by atoms with E-state index in [1.54, 1.807) is 7.11 Å². The minimum atomic E-state index is -1.12. The average Bonchev–Trinajstić information content (AvgIpc) is 2.74. The van der Waals surface area contributed by atoms with Gasteiger partial charge in [-0.1, -0.05) is 41.9 Å². The van der Waals surface area contributed by atoms with Crippen LogP contribution in [0.1, 0.15) is 43.2 Å². The van der Waals surface area contributed by atoms with Crippen molar-refractivity contribution in [2.45, 2.75) is 50.8 Å². The van der Waals surface area contributed by atoms with E-state index in [-0.39, 0.29) is 12.1 Å². The lowest BCUT2D eigenvalue weighted by molar-refractivity contribution is -0.0604. The van der Waals surface area contributed by atoms with Crippen molar-refractivity contribution in [3.05, 3.63) is 58.6 Å². The van der Waals surface area contributed by atoms with Crippen LogP contribution in [0, 0.1) is 12.8 Å². The molecule has 1 heterocycles. The summed E-state index contributed by atoms with van der Waals surface area (Å²) in [5.41, 5.74) is 7.00. The molecular weight excluding hydrogens is 400 g/mol. The minimum absolute atomic E-state index is 0.120. The molecule has 6 heteroatoms. The Morgan fingerprint density at radius 2 is 2.00 bits per heavy atom. The summed E-state index contributed by atoms with van der Waals surface area (Å²) in [6, 6.07) is 13.3. The average molecular weight is 433 g/mol. The van der Waals surface area contributed by atoms with Gasteiger partial charge in [-0.3, -0.25) is 0 Å². The number of hydrogen-bond donors (Lipinski definition) is 3. The fourth-order valence-electron chi connectivity index (χ4n) is 4.38. The molecule has 0 saturated carbocycles. The van der Waals surface area contributed by atoms with Gasteiger partial charge in [0, 0.05) is 25.2 Å². The maximum Gasteiger partial charge on any atom is 0.148 e. The van der Waals surface area contributed by atoms with Crippen molar-refractivity contribution in [1.82, 2.24) is 5.32 Å². The predicted octanol–water partition coefficient (Wildman–Crippen LogP) is 4.73. The van der Waals surface area contributed by atoms with Crippen molar-refractivity contribution >= 4 is 11.6 Å². The Morgan fingerprint density at radius 1 is 1.20 bits per heavy atom. The zero-order valence-corrected chi connectivity index (χ0v) is 18.6. The molecule has 0 aromatic heterocycles. The summed E-state index contributed by atoms with van der Waals surface area (Å²) in [7, 11) is 1.70. The normalized spacial score (nSPS) is 21.2. The van der Waals surface area contributed by atoms with Crippen molar-refractivity contribution in [1.29, 1.82) is 0 Å². The fourth-order valence-corrected chi connectivity index (χ4v) is 4.64. The molecule has 2 aromatic carbocycles. The first-order valence-electron chi connectivity index (χ1n) is 10.7. The van der Waals surface area contributed by atoms with Gasteiger partial charge in [-0.05, 0) is 63.3 Å². The SMILES string of the molecule is COCCCCC(O)(c1ccccc1Oc1c(C)cccc1Cl)C1CCCNC1N. The Balaban J connectivity index is 1.98. The van der Waals surface area contributed by atoms with Crippen LogP contribution in [0.2, 0.25) is 5.02 Å². The van der Waals surface area contributed by atoms with E-state index < -0.39 is 5.60 Å². The monoisotopic (exact) mass is 432 g/mol. The van der Waals surface area contributed by atoms with Gasteiger partial charge in [0.15, 0.2) is 0 Å². The lowest BCUT2D eigenvalue weighted by Gasteiger charge is -2.43. The molecule has 1 fully saturated rings. The van der Waals surface area contributed by atoms with Gasteiger partial charge in [-0.2, -0.15) is 0 Å². The quantitative estimate of drug-likeness (QED) is 0.499. The minimum Gasteiger partial charge on any atom is -0.455 e. The van der Waals surface area contributed by atoms with Crippen LogP contribution in [0.15, 0.2) is 42.5 Å². The third-order valence-corrected chi connectivity index (χ3v) is 6.30. The Labute approximate surface area is 184 Å². The molecule has 0 radical (unpaired) electrons. The molecule has 1 aliphatic heterocycles. The molecular formula is C24H33ClN2O3. The number of halogens is 1. The second kappa shape index (κ2) is 10.6. The first kappa shape index (κ1) is 23.0. The van der Waals surface area contributed by atoms with Gasteiger partial charge in [0.25, 0.3) is 0 Å². The van der Waals surface area contributed by atoms with Crippen molar-refractivity contribution in [2.24, 2.45) is 11.7 Å². The molecule has 4 N–H and O–H groups in total. The van der Waals surface area contributed by atoms with Gasteiger partial charge in [-0.15, -0.1) is 0 Å². The maximum absolute atomic E-state index is 12.1. The molecule has 3 atom stereocenters. The standard InChI is InChI=1S/C24H33ClN2O3/c1-17-9-7-12-20(25)22(17)30-21-13-4-3-10-18(21)24(28,14-5-6-16-29-2)19-11-8-15-27-23(19)26/h3-4,7,9-10,12-13,19,23,27-28H,5-6,8,11,14-16,26H2,1-2H3. The van der Waals surface area contributed by atoms with Gasteiger partial charge < -0.3 is 25.6 Å². The van der Waals surface area contributed by atoms with Crippen LogP contribution in [-0.4, -0.2) is 31.5 Å².